The zero-order chi connectivity index (χ0) is 19.9. The first-order valence-electron chi connectivity index (χ1n) is 8.97. The molecule has 1 aromatic heterocycles. The van der Waals surface area contributed by atoms with Crippen molar-refractivity contribution >= 4 is 28.6 Å². The standard InChI is InChI=1S/C21H21N3O3S/c1-2-15-9-11-16(12-10-15)21(19-8-5-13-28-19)22-14-20(25)23-17-6-3-4-7-18(17)24(26)27/h3-13,21-22H,2,14H2,1H3,(H,23,25)/t21-/m1/s1. The highest BCUT2D eigenvalue weighted by Crippen LogP contribution is 2.27. The molecule has 0 bridgehead atoms. The number of nitro groups is 1. The highest BCUT2D eigenvalue weighted by atomic mass is 32.1. The Hall–Kier alpha value is -3.03. The molecule has 144 valence electrons. The number of anilines is 1. The summed E-state index contributed by atoms with van der Waals surface area (Å²) in [6.45, 7) is 2.14. The van der Waals surface area contributed by atoms with Crippen LogP contribution in [0.15, 0.2) is 66.0 Å². The number of benzene rings is 2. The molecule has 3 rings (SSSR count). The summed E-state index contributed by atoms with van der Waals surface area (Å²) in [5.74, 6) is -0.332. The molecule has 1 heterocycles. The van der Waals surface area contributed by atoms with Crippen LogP contribution in [-0.4, -0.2) is 17.4 Å². The van der Waals surface area contributed by atoms with Gasteiger partial charge in [-0.3, -0.25) is 20.2 Å². The van der Waals surface area contributed by atoms with Crippen LogP contribution in [0.1, 0.15) is 29.0 Å². The van der Waals surface area contributed by atoms with E-state index in [1.54, 1.807) is 23.5 Å². The Morgan fingerprint density at radius 1 is 1.11 bits per heavy atom. The first-order chi connectivity index (χ1) is 13.6. The first kappa shape index (κ1) is 19.7. The monoisotopic (exact) mass is 395 g/mol. The largest absolute Gasteiger partial charge is 0.319 e. The van der Waals surface area contributed by atoms with E-state index in [4.69, 9.17) is 0 Å². The number of hydrogen-bond donors (Lipinski definition) is 2. The number of nitro benzene ring substituents is 1. The van der Waals surface area contributed by atoms with Gasteiger partial charge < -0.3 is 5.32 Å². The van der Waals surface area contributed by atoms with E-state index in [0.29, 0.717) is 0 Å². The summed E-state index contributed by atoms with van der Waals surface area (Å²) in [6, 6.07) is 18.3. The van der Waals surface area contributed by atoms with Gasteiger partial charge in [0.25, 0.3) is 5.69 Å². The van der Waals surface area contributed by atoms with Gasteiger partial charge in [-0.1, -0.05) is 49.4 Å². The van der Waals surface area contributed by atoms with Crippen molar-refractivity contribution in [1.29, 1.82) is 0 Å². The minimum Gasteiger partial charge on any atom is -0.319 e. The predicted molar refractivity (Wildman–Crippen MR) is 112 cm³/mol. The number of carbonyl (C=O) groups is 1. The van der Waals surface area contributed by atoms with Gasteiger partial charge >= 0.3 is 0 Å². The number of aryl methyl sites for hydroxylation is 1. The molecule has 0 aliphatic heterocycles. The lowest BCUT2D eigenvalue weighted by Gasteiger charge is -2.18. The van der Waals surface area contributed by atoms with E-state index in [0.717, 1.165) is 16.9 Å². The molecule has 2 N–H and O–H groups in total. The van der Waals surface area contributed by atoms with Crippen LogP contribution in [0, 0.1) is 10.1 Å². The average molecular weight is 395 g/mol. The zero-order valence-electron chi connectivity index (χ0n) is 15.4. The third kappa shape index (κ3) is 4.82. The van der Waals surface area contributed by atoms with E-state index in [2.05, 4.69) is 41.8 Å². The number of hydrogen-bond acceptors (Lipinski definition) is 5. The van der Waals surface area contributed by atoms with Gasteiger partial charge in [-0.2, -0.15) is 0 Å². The summed E-state index contributed by atoms with van der Waals surface area (Å²) < 4.78 is 0. The van der Waals surface area contributed by atoms with Crippen molar-refractivity contribution in [3.63, 3.8) is 0 Å². The predicted octanol–water partition coefficient (Wildman–Crippen LogP) is 4.54. The summed E-state index contributed by atoms with van der Waals surface area (Å²) in [7, 11) is 0. The molecule has 0 saturated heterocycles. The van der Waals surface area contributed by atoms with E-state index in [1.807, 2.05) is 17.5 Å². The van der Waals surface area contributed by atoms with Crippen LogP contribution in [0.25, 0.3) is 0 Å². The van der Waals surface area contributed by atoms with Crippen LogP contribution in [0.4, 0.5) is 11.4 Å². The minimum atomic E-state index is -0.507. The van der Waals surface area contributed by atoms with Gasteiger partial charge in [0.2, 0.25) is 5.91 Å². The Labute approximate surface area is 167 Å². The Morgan fingerprint density at radius 3 is 2.50 bits per heavy atom. The van der Waals surface area contributed by atoms with Gasteiger partial charge in [0.15, 0.2) is 0 Å². The highest BCUT2D eigenvalue weighted by Gasteiger charge is 2.18. The van der Waals surface area contributed by atoms with E-state index < -0.39 is 4.92 Å². The van der Waals surface area contributed by atoms with Crippen molar-refractivity contribution in [2.45, 2.75) is 19.4 Å². The second-order valence-electron chi connectivity index (χ2n) is 6.25. The normalized spacial score (nSPS) is 11.8. The molecule has 1 atom stereocenters. The van der Waals surface area contributed by atoms with Gasteiger partial charge in [-0.15, -0.1) is 11.3 Å². The maximum atomic E-state index is 12.4. The molecule has 0 radical (unpaired) electrons. The summed E-state index contributed by atoms with van der Waals surface area (Å²) in [5, 5.41) is 19.0. The Kier molecular flexibility index (Phi) is 6.52. The molecule has 0 aliphatic rings. The van der Waals surface area contributed by atoms with Gasteiger partial charge in [0.1, 0.15) is 5.69 Å². The van der Waals surface area contributed by atoms with E-state index >= 15 is 0 Å². The lowest BCUT2D eigenvalue weighted by Crippen LogP contribution is -2.31. The maximum Gasteiger partial charge on any atom is 0.292 e. The molecule has 3 aromatic rings. The minimum absolute atomic E-state index is 0.0319. The van der Waals surface area contributed by atoms with Crippen molar-refractivity contribution in [3.8, 4) is 0 Å². The highest BCUT2D eigenvalue weighted by molar-refractivity contribution is 7.10. The molecule has 0 aliphatic carbocycles. The molecule has 1 amide bonds. The number of thiophene rings is 1. The SMILES string of the molecule is CCc1ccc([C@@H](NCC(=O)Nc2ccccc2[N+](=O)[O-])c2cccs2)cc1. The van der Waals surface area contributed by atoms with Crippen LogP contribution in [0.3, 0.4) is 0 Å². The number of nitrogens with zero attached hydrogens (tertiary/aromatic N) is 1. The molecule has 0 fully saturated rings. The summed E-state index contributed by atoms with van der Waals surface area (Å²) in [5.41, 5.74) is 2.39. The molecule has 28 heavy (non-hydrogen) atoms. The van der Waals surface area contributed by atoms with E-state index in [-0.39, 0.29) is 29.9 Å². The molecule has 2 aromatic carbocycles. The van der Waals surface area contributed by atoms with Gasteiger partial charge in [-0.05, 0) is 35.1 Å². The fourth-order valence-corrected chi connectivity index (χ4v) is 3.74. The number of amides is 1. The van der Waals surface area contributed by atoms with Crippen LogP contribution < -0.4 is 10.6 Å². The fourth-order valence-electron chi connectivity index (χ4n) is 2.91. The average Bonchev–Trinajstić information content (AvgIpc) is 3.23. The van der Waals surface area contributed by atoms with Crippen molar-refractivity contribution in [1.82, 2.24) is 5.32 Å². The third-order valence-electron chi connectivity index (χ3n) is 4.39. The van der Waals surface area contributed by atoms with Crippen LogP contribution >= 0.6 is 11.3 Å². The third-order valence-corrected chi connectivity index (χ3v) is 5.33. The number of para-hydroxylation sites is 2. The molecule has 0 saturated carbocycles. The zero-order valence-corrected chi connectivity index (χ0v) is 16.2. The van der Waals surface area contributed by atoms with Crippen LogP contribution in [-0.2, 0) is 11.2 Å². The summed E-state index contributed by atoms with van der Waals surface area (Å²) in [4.78, 5) is 24.1. The van der Waals surface area contributed by atoms with Crippen molar-refractivity contribution < 1.29 is 9.72 Å². The van der Waals surface area contributed by atoms with Crippen molar-refractivity contribution in [3.05, 3.63) is 92.2 Å². The Balaban J connectivity index is 1.72. The topological polar surface area (TPSA) is 84.3 Å². The summed E-state index contributed by atoms with van der Waals surface area (Å²) >= 11 is 1.61. The maximum absolute atomic E-state index is 12.4. The smallest absolute Gasteiger partial charge is 0.292 e. The Morgan fingerprint density at radius 2 is 1.86 bits per heavy atom. The molecule has 6 nitrogen and oxygen atoms in total. The summed E-state index contributed by atoms with van der Waals surface area (Å²) in [6.07, 6.45) is 0.968. The second-order valence-corrected chi connectivity index (χ2v) is 7.23. The molecule has 7 heteroatoms. The Bertz CT molecular complexity index is 940. The fraction of sp³-hybridized carbons (Fsp3) is 0.190. The van der Waals surface area contributed by atoms with Gasteiger partial charge in [0.05, 0.1) is 17.5 Å². The molecular formula is C21H21N3O3S. The molecule has 0 spiro atoms. The van der Waals surface area contributed by atoms with Gasteiger partial charge in [0, 0.05) is 10.9 Å². The van der Waals surface area contributed by atoms with Crippen molar-refractivity contribution in [2.75, 3.05) is 11.9 Å². The van der Waals surface area contributed by atoms with Crippen molar-refractivity contribution in [2.24, 2.45) is 0 Å². The molecule has 0 unspecified atom stereocenters. The quantitative estimate of drug-likeness (QED) is 0.433. The number of carbonyl (C=O) groups excluding carboxylic acids is 1. The lowest BCUT2D eigenvalue weighted by atomic mass is 10.0. The number of nitrogens with one attached hydrogen (secondary N) is 2. The molecular weight excluding hydrogens is 374 g/mol. The van der Waals surface area contributed by atoms with E-state index in [9.17, 15) is 14.9 Å². The lowest BCUT2D eigenvalue weighted by molar-refractivity contribution is -0.383. The van der Waals surface area contributed by atoms with Crippen LogP contribution in [0.5, 0.6) is 0 Å². The van der Waals surface area contributed by atoms with Gasteiger partial charge in [-0.25, -0.2) is 0 Å². The van der Waals surface area contributed by atoms with E-state index in [1.165, 1.54) is 17.7 Å². The second kappa shape index (κ2) is 9.25. The van der Waals surface area contributed by atoms with Crippen LogP contribution in [0.2, 0.25) is 0 Å². The first-order valence-corrected chi connectivity index (χ1v) is 9.85. The number of rotatable bonds is 8.